The lowest BCUT2D eigenvalue weighted by molar-refractivity contribution is 0.195. The smallest absolute Gasteiger partial charge is 0.279 e. The lowest BCUT2D eigenvalue weighted by Gasteiger charge is -2.23. The van der Waals surface area contributed by atoms with Crippen LogP contribution in [0.15, 0.2) is 0 Å². The zero-order valence-electron chi connectivity index (χ0n) is 11.6. The molecule has 0 aromatic carbocycles. The highest BCUT2D eigenvalue weighted by Crippen LogP contribution is 2.30. The van der Waals surface area contributed by atoms with Crippen LogP contribution in [0.2, 0.25) is 0 Å². The summed E-state index contributed by atoms with van der Waals surface area (Å²) >= 11 is 0. The van der Waals surface area contributed by atoms with Crippen molar-refractivity contribution >= 4 is 10.2 Å². The average Bonchev–Trinajstić information content (AvgIpc) is 2.66. The summed E-state index contributed by atoms with van der Waals surface area (Å²) in [5.74, 6) is 0.568. The van der Waals surface area contributed by atoms with Crippen molar-refractivity contribution in [2.45, 2.75) is 44.9 Å². The van der Waals surface area contributed by atoms with Crippen LogP contribution in [0.1, 0.15) is 44.9 Å². The number of rotatable bonds is 5. The molecule has 0 amide bonds. The minimum atomic E-state index is -3.32. The molecule has 19 heavy (non-hydrogen) atoms. The van der Waals surface area contributed by atoms with Crippen molar-refractivity contribution in [3.05, 3.63) is 0 Å². The number of nitrogens with zero attached hydrogens (tertiary/aromatic N) is 1. The van der Waals surface area contributed by atoms with Crippen molar-refractivity contribution in [2.24, 2.45) is 11.8 Å². The summed E-state index contributed by atoms with van der Waals surface area (Å²) < 4.78 is 28.8. The summed E-state index contributed by atoms with van der Waals surface area (Å²) in [6.07, 6.45) is 7.32. The van der Waals surface area contributed by atoms with Crippen LogP contribution in [0, 0.1) is 11.8 Å². The molecule has 1 saturated carbocycles. The molecule has 0 radical (unpaired) electrons. The Morgan fingerprint density at radius 3 is 2.26 bits per heavy atom. The van der Waals surface area contributed by atoms with Crippen molar-refractivity contribution in [1.29, 1.82) is 0 Å². The molecule has 5 nitrogen and oxygen atoms in total. The minimum absolute atomic E-state index is 0.177. The van der Waals surface area contributed by atoms with Crippen LogP contribution in [-0.2, 0) is 10.2 Å². The van der Waals surface area contributed by atoms with E-state index < -0.39 is 10.2 Å². The van der Waals surface area contributed by atoms with Gasteiger partial charge in [0.25, 0.3) is 10.2 Å². The Morgan fingerprint density at radius 2 is 1.63 bits per heavy atom. The maximum absolute atomic E-state index is 12.2. The van der Waals surface area contributed by atoms with Gasteiger partial charge in [0, 0.05) is 26.2 Å². The van der Waals surface area contributed by atoms with E-state index in [2.05, 4.69) is 4.72 Å². The van der Waals surface area contributed by atoms with Gasteiger partial charge in [0.15, 0.2) is 0 Å². The van der Waals surface area contributed by atoms with E-state index in [-0.39, 0.29) is 12.5 Å². The topological polar surface area (TPSA) is 69.6 Å². The Kier molecular flexibility index (Phi) is 5.62. The number of hydrogen-bond acceptors (Lipinski definition) is 3. The minimum Gasteiger partial charge on any atom is -0.396 e. The third kappa shape index (κ3) is 4.15. The summed E-state index contributed by atoms with van der Waals surface area (Å²) in [5.41, 5.74) is 0. The largest absolute Gasteiger partial charge is 0.396 e. The van der Waals surface area contributed by atoms with Crippen LogP contribution >= 0.6 is 0 Å². The lowest BCUT2D eigenvalue weighted by Crippen LogP contribution is -2.43. The first kappa shape index (κ1) is 15.2. The third-order valence-electron chi connectivity index (χ3n) is 4.48. The fourth-order valence-corrected chi connectivity index (χ4v) is 4.55. The van der Waals surface area contributed by atoms with Gasteiger partial charge in [0.05, 0.1) is 0 Å². The Labute approximate surface area is 116 Å². The van der Waals surface area contributed by atoms with Gasteiger partial charge < -0.3 is 5.11 Å². The van der Waals surface area contributed by atoms with E-state index in [1.165, 1.54) is 0 Å². The van der Waals surface area contributed by atoms with E-state index >= 15 is 0 Å². The van der Waals surface area contributed by atoms with Crippen LogP contribution in [-0.4, -0.2) is 44.1 Å². The summed E-state index contributed by atoms with van der Waals surface area (Å²) in [6.45, 7) is 1.94. The molecule has 2 fully saturated rings. The summed E-state index contributed by atoms with van der Waals surface area (Å²) in [7, 11) is -3.32. The van der Waals surface area contributed by atoms with Gasteiger partial charge in [-0.25, -0.2) is 4.72 Å². The summed E-state index contributed by atoms with van der Waals surface area (Å²) in [6, 6.07) is 0. The SMILES string of the molecule is O=S(=O)(NCC1CCCC1CO)N1CCCCCC1. The first-order valence-electron chi connectivity index (χ1n) is 7.49. The third-order valence-corrected chi connectivity index (χ3v) is 6.06. The van der Waals surface area contributed by atoms with Gasteiger partial charge in [0.2, 0.25) is 0 Å². The Balaban J connectivity index is 1.86. The first-order chi connectivity index (χ1) is 9.13. The Bertz CT molecular complexity index is 364. The molecule has 0 aromatic heterocycles. The van der Waals surface area contributed by atoms with E-state index in [0.717, 1.165) is 44.9 Å². The second-order valence-corrected chi connectivity index (χ2v) is 7.56. The van der Waals surface area contributed by atoms with Crippen LogP contribution in [0.4, 0.5) is 0 Å². The predicted octanol–water partition coefficient (Wildman–Crippen LogP) is 1.11. The average molecular weight is 290 g/mol. The van der Waals surface area contributed by atoms with E-state index in [0.29, 0.717) is 25.6 Å². The Morgan fingerprint density at radius 1 is 1.00 bits per heavy atom. The highest BCUT2D eigenvalue weighted by Gasteiger charge is 2.29. The van der Waals surface area contributed by atoms with Crippen molar-refractivity contribution in [3.8, 4) is 0 Å². The summed E-state index contributed by atoms with van der Waals surface area (Å²) in [5, 5.41) is 9.26. The van der Waals surface area contributed by atoms with Gasteiger partial charge in [-0.1, -0.05) is 19.3 Å². The number of hydrogen-bond donors (Lipinski definition) is 2. The van der Waals surface area contributed by atoms with Crippen molar-refractivity contribution in [3.63, 3.8) is 0 Å². The number of aliphatic hydroxyl groups is 1. The molecule has 1 heterocycles. The molecule has 2 aliphatic rings. The molecule has 1 aliphatic carbocycles. The molecule has 1 aliphatic heterocycles. The first-order valence-corrected chi connectivity index (χ1v) is 8.93. The molecule has 6 heteroatoms. The monoisotopic (exact) mass is 290 g/mol. The molecule has 0 bridgehead atoms. The zero-order valence-corrected chi connectivity index (χ0v) is 12.4. The molecule has 1 saturated heterocycles. The summed E-state index contributed by atoms with van der Waals surface area (Å²) in [4.78, 5) is 0. The van der Waals surface area contributed by atoms with E-state index in [4.69, 9.17) is 0 Å². The molecule has 2 atom stereocenters. The van der Waals surface area contributed by atoms with Gasteiger partial charge in [-0.3, -0.25) is 0 Å². The van der Waals surface area contributed by atoms with Crippen LogP contribution < -0.4 is 4.72 Å². The van der Waals surface area contributed by atoms with Gasteiger partial charge in [-0.15, -0.1) is 0 Å². The predicted molar refractivity (Wildman–Crippen MR) is 74.9 cm³/mol. The molecule has 2 unspecified atom stereocenters. The second kappa shape index (κ2) is 7.02. The molecule has 0 aromatic rings. The standard InChI is InChI=1S/C13H26N2O3S/c16-11-13-7-5-6-12(13)10-14-19(17,18)15-8-3-1-2-4-9-15/h12-14,16H,1-11H2. The van der Waals surface area contributed by atoms with E-state index in [1.807, 2.05) is 0 Å². The lowest BCUT2D eigenvalue weighted by atomic mass is 9.97. The molecule has 112 valence electrons. The zero-order chi connectivity index (χ0) is 13.7. The molecular formula is C13H26N2O3S. The van der Waals surface area contributed by atoms with Gasteiger partial charge in [0.1, 0.15) is 0 Å². The maximum Gasteiger partial charge on any atom is 0.279 e. The normalized spacial score (nSPS) is 30.4. The number of nitrogens with one attached hydrogen (secondary N) is 1. The maximum atomic E-state index is 12.2. The highest BCUT2D eigenvalue weighted by atomic mass is 32.2. The fraction of sp³-hybridized carbons (Fsp3) is 1.00. The number of aliphatic hydroxyl groups excluding tert-OH is 1. The quantitative estimate of drug-likeness (QED) is 0.797. The van der Waals surface area contributed by atoms with E-state index in [9.17, 15) is 13.5 Å². The van der Waals surface area contributed by atoms with Crippen molar-refractivity contribution in [1.82, 2.24) is 9.03 Å². The van der Waals surface area contributed by atoms with Crippen LogP contribution in [0.25, 0.3) is 0 Å². The fourth-order valence-electron chi connectivity index (χ4n) is 3.21. The van der Waals surface area contributed by atoms with Crippen molar-refractivity contribution < 1.29 is 13.5 Å². The second-order valence-electron chi connectivity index (χ2n) is 5.80. The van der Waals surface area contributed by atoms with E-state index in [1.54, 1.807) is 4.31 Å². The van der Waals surface area contributed by atoms with Gasteiger partial charge in [-0.05, 0) is 37.5 Å². The van der Waals surface area contributed by atoms with Gasteiger partial charge >= 0.3 is 0 Å². The molecule has 0 spiro atoms. The van der Waals surface area contributed by atoms with Crippen LogP contribution in [0.3, 0.4) is 0 Å². The molecular weight excluding hydrogens is 264 g/mol. The van der Waals surface area contributed by atoms with Crippen molar-refractivity contribution in [2.75, 3.05) is 26.2 Å². The molecule has 2 rings (SSSR count). The van der Waals surface area contributed by atoms with Crippen LogP contribution in [0.5, 0.6) is 0 Å². The Hall–Kier alpha value is -0.170. The molecule has 2 N–H and O–H groups in total. The van der Waals surface area contributed by atoms with Gasteiger partial charge in [-0.2, -0.15) is 12.7 Å². The highest BCUT2D eigenvalue weighted by molar-refractivity contribution is 7.87.